The largest absolute Gasteiger partial charge is 0.324 e. The minimum absolute atomic E-state index is 0.0389. The van der Waals surface area contributed by atoms with Gasteiger partial charge in [-0.1, -0.05) is 36.7 Å². The third kappa shape index (κ3) is 3.26. The number of halogens is 1. The highest BCUT2D eigenvalue weighted by Crippen LogP contribution is 2.24. The number of hydrogen-bond donors (Lipinski definition) is 1. The van der Waals surface area contributed by atoms with E-state index < -0.39 is 0 Å². The lowest BCUT2D eigenvalue weighted by molar-refractivity contribution is -0.116. The molecule has 0 aliphatic rings. The van der Waals surface area contributed by atoms with Crippen molar-refractivity contribution in [3.63, 3.8) is 0 Å². The molecule has 1 atom stereocenters. The average molecular weight is 332 g/mol. The number of nitrogens with one attached hydrogen (secondary N) is 1. The molecular formula is C16H14ClN3OS. The zero-order valence-electron chi connectivity index (χ0n) is 11.9. The second kappa shape index (κ2) is 6.42. The van der Waals surface area contributed by atoms with E-state index >= 15 is 0 Å². The average Bonchev–Trinajstić information content (AvgIpc) is 2.97. The second-order valence-electron chi connectivity index (χ2n) is 5.14. The van der Waals surface area contributed by atoms with Crippen molar-refractivity contribution in [3.8, 4) is 0 Å². The van der Waals surface area contributed by atoms with Crippen LogP contribution in [0.5, 0.6) is 0 Å². The predicted molar refractivity (Wildman–Crippen MR) is 90.5 cm³/mol. The summed E-state index contributed by atoms with van der Waals surface area (Å²) in [5, 5.41) is 3.62. The number of aromatic nitrogens is 2. The molecule has 0 saturated heterocycles. The maximum atomic E-state index is 12.2. The van der Waals surface area contributed by atoms with Crippen LogP contribution in [0.4, 0.5) is 5.69 Å². The number of benzene rings is 2. The highest BCUT2D eigenvalue weighted by Gasteiger charge is 2.13. The summed E-state index contributed by atoms with van der Waals surface area (Å²) in [6.07, 6.45) is 0.398. The van der Waals surface area contributed by atoms with Crippen molar-refractivity contribution in [1.82, 2.24) is 8.75 Å². The van der Waals surface area contributed by atoms with Crippen molar-refractivity contribution in [2.75, 3.05) is 5.32 Å². The van der Waals surface area contributed by atoms with Crippen LogP contribution >= 0.6 is 23.3 Å². The molecular weight excluding hydrogens is 318 g/mol. The molecule has 0 fully saturated rings. The Morgan fingerprint density at radius 1 is 1.23 bits per heavy atom. The van der Waals surface area contributed by atoms with Gasteiger partial charge < -0.3 is 5.32 Å². The molecule has 1 heterocycles. The van der Waals surface area contributed by atoms with Gasteiger partial charge in [0.1, 0.15) is 11.0 Å². The van der Waals surface area contributed by atoms with Gasteiger partial charge in [0.05, 0.1) is 17.4 Å². The van der Waals surface area contributed by atoms with Gasteiger partial charge in [-0.25, -0.2) is 0 Å². The molecule has 2 aromatic carbocycles. The van der Waals surface area contributed by atoms with E-state index in [2.05, 4.69) is 14.1 Å². The number of hydrogen-bond acceptors (Lipinski definition) is 4. The summed E-state index contributed by atoms with van der Waals surface area (Å²) >= 11 is 7.03. The van der Waals surface area contributed by atoms with Gasteiger partial charge in [-0.05, 0) is 35.7 Å². The Kier molecular flexibility index (Phi) is 4.36. The number of rotatable bonds is 4. The van der Waals surface area contributed by atoms with Gasteiger partial charge in [-0.2, -0.15) is 8.75 Å². The minimum Gasteiger partial charge on any atom is -0.324 e. The fraction of sp³-hybridized carbons (Fsp3) is 0.188. The van der Waals surface area contributed by atoms with E-state index in [4.69, 9.17) is 11.6 Å². The first-order chi connectivity index (χ1) is 10.6. The maximum absolute atomic E-state index is 12.2. The molecule has 0 radical (unpaired) electrons. The molecule has 6 heteroatoms. The lowest BCUT2D eigenvalue weighted by Crippen LogP contribution is -2.14. The Balaban J connectivity index is 1.69. The standard InChI is InChI=1S/C16H14ClN3OS/c1-10(11-5-7-12(17)8-6-11)9-15(21)18-13-3-2-4-14-16(13)20-22-19-14/h2-8,10H,9H2,1H3,(H,18,21). The molecule has 1 aromatic heterocycles. The number of carbonyl (C=O) groups is 1. The molecule has 0 saturated carbocycles. The third-order valence-electron chi connectivity index (χ3n) is 3.49. The van der Waals surface area contributed by atoms with E-state index in [1.54, 1.807) is 0 Å². The number of nitrogens with zero attached hydrogens (tertiary/aromatic N) is 2. The summed E-state index contributed by atoms with van der Waals surface area (Å²) in [6, 6.07) is 13.2. The summed E-state index contributed by atoms with van der Waals surface area (Å²) < 4.78 is 8.39. The molecule has 1 N–H and O–H groups in total. The van der Waals surface area contributed by atoms with Crippen LogP contribution in [0.25, 0.3) is 11.0 Å². The molecule has 1 amide bonds. The third-order valence-corrected chi connectivity index (χ3v) is 4.29. The molecule has 0 aliphatic carbocycles. The molecule has 0 aliphatic heterocycles. The monoisotopic (exact) mass is 331 g/mol. The van der Waals surface area contributed by atoms with Crippen LogP contribution in [-0.4, -0.2) is 14.7 Å². The number of carbonyl (C=O) groups excluding carboxylic acids is 1. The lowest BCUT2D eigenvalue weighted by Gasteiger charge is -2.12. The van der Waals surface area contributed by atoms with E-state index in [0.29, 0.717) is 17.1 Å². The van der Waals surface area contributed by atoms with Crippen molar-refractivity contribution in [1.29, 1.82) is 0 Å². The van der Waals surface area contributed by atoms with Gasteiger partial charge in [0, 0.05) is 11.4 Å². The summed E-state index contributed by atoms with van der Waals surface area (Å²) in [4.78, 5) is 12.2. The molecule has 112 valence electrons. The van der Waals surface area contributed by atoms with E-state index in [1.165, 1.54) is 0 Å². The first-order valence-corrected chi connectivity index (χ1v) is 8.01. The summed E-state index contributed by atoms with van der Waals surface area (Å²) in [7, 11) is 0. The quantitative estimate of drug-likeness (QED) is 0.767. The molecule has 0 spiro atoms. The highest BCUT2D eigenvalue weighted by atomic mass is 35.5. The zero-order valence-corrected chi connectivity index (χ0v) is 13.5. The SMILES string of the molecule is CC(CC(=O)Nc1cccc2nsnc12)c1ccc(Cl)cc1. The number of fused-ring (bicyclic) bond motifs is 1. The van der Waals surface area contributed by atoms with Crippen LogP contribution < -0.4 is 5.32 Å². The van der Waals surface area contributed by atoms with Crippen molar-refractivity contribution >= 4 is 46.0 Å². The Hall–Kier alpha value is -1.98. The van der Waals surface area contributed by atoms with Crippen molar-refractivity contribution in [3.05, 3.63) is 53.1 Å². The summed E-state index contributed by atoms with van der Waals surface area (Å²) in [5.74, 6) is 0.0768. The molecule has 1 unspecified atom stereocenters. The van der Waals surface area contributed by atoms with Crippen LogP contribution in [-0.2, 0) is 4.79 Å². The minimum atomic E-state index is -0.0389. The molecule has 22 heavy (non-hydrogen) atoms. The highest BCUT2D eigenvalue weighted by molar-refractivity contribution is 7.00. The van der Waals surface area contributed by atoms with Crippen LogP contribution in [0.15, 0.2) is 42.5 Å². The Morgan fingerprint density at radius 3 is 2.77 bits per heavy atom. The molecule has 4 nitrogen and oxygen atoms in total. The zero-order chi connectivity index (χ0) is 15.5. The van der Waals surface area contributed by atoms with Gasteiger partial charge >= 0.3 is 0 Å². The predicted octanol–water partition coefficient (Wildman–Crippen LogP) is 4.48. The second-order valence-corrected chi connectivity index (χ2v) is 6.11. The normalized spacial score (nSPS) is 12.3. The van der Waals surface area contributed by atoms with Crippen molar-refractivity contribution in [2.24, 2.45) is 0 Å². The van der Waals surface area contributed by atoms with Gasteiger partial charge in [-0.3, -0.25) is 4.79 Å². The van der Waals surface area contributed by atoms with Gasteiger partial charge in [-0.15, -0.1) is 0 Å². The smallest absolute Gasteiger partial charge is 0.225 e. The van der Waals surface area contributed by atoms with Gasteiger partial charge in [0.25, 0.3) is 0 Å². The Labute approximate surface area is 137 Å². The van der Waals surface area contributed by atoms with E-state index in [1.807, 2.05) is 49.4 Å². The number of anilines is 1. The van der Waals surface area contributed by atoms with Crippen LogP contribution in [0.3, 0.4) is 0 Å². The van der Waals surface area contributed by atoms with E-state index in [0.717, 1.165) is 28.3 Å². The topological polar surface area (TPSA) is 54.9 Å². The van der Waals surface area contributed by atoms with Crippen molar-refractivity contribution < 1.29 is 4.79 Å². The van der Waals surface area contributed by atoms with Crippen LogP contribution in [0, 0.1) is 0 Å². The Bertz CT molecular complexity index is 801. The fourth-order valence-corrected chi connectivity index (χ4v) is 2.97. The van der Waals surface area contributed by atoms with E-state index in [-0.39, 0.29) is 11.8 Å². The van der Waals surface area contributed by atoms with Crippen LogP contribution in [0.1, 0.15) is 24.8 Å². The first kappa shape index (κ1) is 14.9. The number of amides is 1. The Morgan fingerprint density at radius 2 is 2.00 bits per heavy atom. The van der Waals surface area contributed by atoms with E-state index in [9.17, 15) is 4.79 Å². The fourth-order valence-electron chi connectivity index (χ4n) is 2.30. The van der Waals surface area contributed by atoms with Gasteiger partial charge in [0.15, 0.2) is 0 Å². The summed E-state index contributed by atoms with van der Waals surface area (Å²) in [5.41, 5.74) is 3.33. The van der Waals surface area contributed by atoms with Crippen molar-refractivity contribution in [2.45, 2.75) is 19.3 Å². The summed E-state index contributed by atoms with van der Waals surface area (Å²) in [6.45, 7) is 2.02. The molecule has 3 rings (SSSR count). The maximum Gasteiger partial charge on any atom is 0.225 e. The lowest BCUT2D eigenvalue weighted by atomic mass is 9.97. The van der Waals surface area contributed by atoms with Crippen LogP contribution in [0.2, 0.25) is 5.02 Å². The first-order valence-electron chi connectivity index (χ1n) is 6.90. The molecule has 3 aromatic rings. The van der Waals surface area contributed by atoms with Gasteiger partial charge in [0.2, 0.25) is 5.91 Å². The molecule has 0 bridgehead atoms.